The van der Waals surface area contributed by atoms with Crippen LogP contribution in [-0.2, 0) is 4.79 Å². The van der Waals surface area contributed by atoms with E-state index in [4.69, 9.17) is 0 Å². The minimum absolute atomic E-state index is 0.0380. The molecule has 0 aliphatic heterocycles. The highest BCUT2D eigenvalue weighted by Crippen LogP contribution is 2.08. The number of carbonyl (C=O) groups is 1. The summed E-state index contributed by atoms with van der Waals surface area (Å²) in [5.74, 6) is -0.0380. The second kappa shape index (κ2) is 4.13. The quantitative estimate of drug-likeness (QED) is 0.455. The molecule has 3 nitrogen and oxygen atoms in total. The smallest absolute Gasteiger partial charge is 0.230 e. The summed E-state index contributed by atoms with van der Waals surface area (Å²) < 4.78 is 0. The van der Waals surface area contributed by atoms with Gasteiger partial charge in [-0.3, -0.25) is 10.2 Å². The summed E-state index contributed by atoms with van der Waals surface area (Å²) in [6, 6.07) is 0.327. The van der Waals surface area contributed by atoms with Gasteiger partial charge in [0, 0.05) is 13.0 Å². The van der Waals surface area contributed by atoms with E-state index >= 15 is 0 Å². The first-order valence-corrected chi connectivity index (χ1v) is 3.98. The first kappa shape index (κ1) is 8.27. The maximum atomic E-state index is 10.5. The van der Waals surface area contributed by atoms with Crippen LogP contribution in [0.1, 0.15) is 26.2 Å². The van der Waals surface area contributed by atoms with E-state index in [1.54, 1.807) is 0 Å². The molecular weight excluding hydrogens is 140 g/mol. The van der Waals surface area contributed by atoms with Gasteiger partial charge in [-0.2, -0.15) is 0 Å². The summed E-state index contributed by atoms with van der Waals surface area (Å²) >= 11 is 0. The third-order valence-corrected chi connectivity index (χ3v) is 1.69. The maximum Gasteiger partial charge on any atom is 0.230 e. The normalized spacial score (nSPS) is 23.2. The van der Waals surface area contributed by atoms with Crippen molar-refractivity contribution in [2.75, 3.05) is 0 Å². The van der Waals surface area contributed by atoms with Crippen LogP contribution in [0.15, 0.2) is 12.2 Å². The van der Waals surface area contributed by atoms with Crippen molar-refractivity contribution in [1.82, 2.24) is 10.9 Å². The highest BCUT2D eigenvalue weighted by molar-refractivity contribution is 5.72. The molecule has 0 heterocycles. The number of rotatable bonds is 2. The molecule has 0 bridgehead atoms. The van der Waals surface area contributed by atoms with Crippen LogP contribution in [0.3, 0.4) is 0 Å². The SMILES string of the molecule is CC(=O)NNC1C=CCCC1. The van der Waals surface area contributed by atoms with Crippen molar-refractivity contribution in [3.05, 3.63) is 12.2 Å². The first-order valence-electron chi connectivity index (χ1n) is 3.98. The third kappa shape index (κ3) is 3.18. The fraction of sp³-hybridized carbons (Fsp3) is 0.625. The van der Waals surface area contributed by atoms with E-state index in [0.717, 1.165) is 12.8 Å². The molecular formula is C8H14N2O. The lowest BCUT2D eigenvalue weighted by molar-refractivity contribution is -0.120. The second-order valence-corrected chi connectivity index (χ2v) is 2.79. The fourth-order valence-corrected chi connectivity index (χ4v) is 1.13. The zero-order chi connectivity index (χ0) is 8.10. The summed E-state index contributed by atoms with van der Waals surface area (Å²) in [5.41, 5.74) is 5.51. The van der Waals surface area contributed by atoms with Crippen molar-refractivity contribution >= 4 is 5.91 Å². The number of amides is 1. The molecule has 0 aromatic heterocycles. The summed E-state index contributed by atoms with van der Waals surface area (Å²) in [6.45, 7) is 1.50. The lowest BCUT2D eigenvalue weighted by Gasteiger charge is -2.17. The average Bonchev–Trinajstić information content (AvgIpc) is 2.03. The molecule has 1 unspecified atom stereocenters. The molecule has 1 atom stereocenters. The standard InChI is InChI=1S/C8H14N2O/c1-7(11)9-10-8-5-3-2-4-6-8/h3,5,8,10H,2,4,6H2,1H3,(H,9,11). The Balaban J connectivity index is 2.20. The number of nitrogens with one attached hydrogen (secondary N) is 2. The van der Waals surface area contributed by atoms with Crippen LogP contribution in [0.5, 0.6) is 0 Å². The Bertz CT molecular complexity index is 165. The predicted molar refractivity (Wildman–Crippen MR) is 43.7 cm³/mol. The maximum absolute atomic E-state index is 10.5. The van der Waals surface area contributed by atoms with Gasteiger partial charge in [0.1, 0.15) is 0 Å². The van der Waals surface area contributed by atoms with Crippen LogP contribution >= 0.6 is 0 Å². The molecule has 2 N–H and O–H groups in total. The minimum atomic E-state index is -0.0380. The van der Waals surface area contributed by atoms with Crippen molar-refractivity contribution in [2.24, 2.45) is 0 Å². The fourth-order valence-electron chi connectivity index (χ4n) is 1.13. The van der Waals surface area contributed by atoms with E-state index < -0.39 is 0 Å². The van der Waals surface area contributed by atoms with Crippen LogP contribution in [0.4, 0.5) is 0 Å². The summed E-state index contributed by atoms with van der Waals surface area (Å²) in [5, 5.41) is 0. The number of hydrogen-bond acceptors (Lipinski definition) is 2. The molecule has 0 radical (unpaired) electrons. The molecule has 62 valence electrons. The summed E-state index contributed by atoms with van der Waals surface area (Å²) in [7, 11) is 0. The largest absolute Gasteiger partial charge is 0.291 e. The van der Waals surface area contributed by atoms with Crippen molar-refractivity contribution in [1.29, 1.82) is 0 Å². The van der Waals surface area contributed by atoms with Gasteiger partial charge in [-0.25, -0.2) is 5.43 Å². The molecule has 0 saturated carbocycles. The number of hydrogen-bond donors (Lipinski definition) is 2. The van der Waals surface area contributed by atoms with E-state index in [1.807, 2.05) is 0 Å². The van der Waals surface area contributed by atoms with Gasteiger partial charge in [0.2, 0.25) is 5.91 Å². The number of hydrazine groups is 1. The Kier molecular flexibility index (Phi) is 3.11. The van der Waals surface area contributed by atoms with Crippen LogP contribution in [-0.4, -0.2) is 11.9 Å². The monoisotopic (exact) mass is 154 g/mol. The Hall–Kier alpha value is -0.830. The van der Waals surface area contributed by atoms with E-state index in [9.17, 15) is 4.79 Å². The molecule has 1 aliphatic carbocycles. The van der Waals surface area contributed by atoms with Crippen LogP contribution in [0.25, 0.3) is 0 Å². The van der Waals surface area contributed by atoms with Gasteiger partial charge in [0.05, 0.1) is 0 Å². The topological polar surface area (TPSA) is 41.1 Å². The zero-order valence-corrected chi connectivity index (χ0v) is 6.76. The van der Waals surface area contributed by atoms with E-state index in [-0.39, 0.29) is 5.91 Å². The summed E-state index contributed by atoms with van der Waals surface area (Å²) in [4.78, 5) is 10.5. The van der Waals surface area contributed by atoms with Crippen LogP contribution < -0.4 is 10.9 Å². The molecule has 0 spiro atoms. The van der Waals surface area contributed by atoms with Crippen LogP contribution in [0, 0.1) is 0 Å². The van der Waals surface area contributed by atoms with Gasteiger partial charge in [0.25, 0.3) is 0 Å². The molecule has 1 amide bonds. The van der Waals surface area contributed by atoms with Crippen molar-refractivity contribution < 1.29 is 4.79 Å². The Morgan fingerprint density at radius 3 is 3.00 bits per heavy atom. The second-order valence-electron chi connectivity index (χ2n) is 2.79. The molecule has 0 aromatic carbocycles. The highest BCUT2D eigenvalue weighted by Gasteiger charge is 2.06. The number of carbonyl (C=O) groups excluding carboxylic acids is 1. The molecule has 11 heavy (non-hydrogen) atoms. The third-order valence-electron chi connectivity index (χ3n) is 1.69. The van der Waals surface area contributed by atoms with Crippen molar-refractivity contribution in [3.63, 3.8) is 0 Å². The number of allylic oxidation sites excluding steroid dienone is 1. The van der Waals surface area contributed by atoms with Crippen molar-refractivity contribution in [2.45, 2.75) is 32.2 Å². The highest BCUT2D eigenvalue weighted by atomic mass is 16.2. The van der Waals surface area contributed by atoms with E-state index in [2.05, 4.69) is 23.0 Å². The van der Waals surface area contributed by atoms with Gasteiger partial charge in [-0.05, 0) is 19.3 Å². The molecule has 1 rings (SSSR count). The van der Waals surface area contributed by atoms with E-state index in [1.165, 1.54) is 13.3 Å². The molecule has 0 saturated heterocycles. The Morgan fingerprint density at radius 1 is 1.64 bits per heavy atom. The Morgan fingerprint density at radius 2 is 2.45 bits per heavy atom. The molecule has 0 fully saturated rings. The Labute approximate surface area is 66.8 Å². The first-order chi connectivity index (χ1) is 5.29. The van der Waals surface area contributed by atoms with Crippen molar-refractivity contribution in [3.8, 4) is 0 Å². The summed E-state index contributed by atoms with van der Waals surface area (Å²) in [6.07, 6.45) is 7.71. The minimum Gasteiger partial charge on any atom is -0.291 e. The zero-order valence-electron chi connectivity index (χ0n) is 6.76. The lowest BCUT2D eigenvalue weighted by Crippen LogP contribution is -2.42. The van der Waals surface area contributed by atoms with Gasteiger partial charge < -0.3 is 0 Å². The van der Waals surface area contributed by atoms with Crippen LogP contribution in [0.2, 0.25) is 0 Å². The van der Waals surface area contributed by atoms with Gasteiger partial charge >= 0.3 is 0 Å². The molecule has 3 heteroatoms. The van der Waals surface area contributed by atoms with Gasteiger partial charge in [-0.1, -0.05) is 12.2 Å². The molecule has 1 aliphatic rings. The van der Waals surface area contributed by atoms with E-state index in [0.29, 0.717) is 6.04 Å². The van der Waals surface area contributed by atoms with Gasteiger partial charge in [-0.15, -0.1) is 0 Å². The lowest BCUT2D eigenvalue weighted by atomic mass is 10.0. The average molecular weight is 154 g/mol. The molecule has 0 aromatic rings. The predicted octanol–water partition coefficient (Wildman–Crippen LogP) is 0.736. The van der Waals surface area contributed by atoms with Gasteiger partial charge in [0.15, 0.2) is 0 Å².